The number of nitrogens with zero attached hydrogens (tertiary/aromatic N) is 2. The van der Waals surface area contributed by atoms with E-state index in [1.165, 1.54) is 13.5 Å². The van der Waals surface area contributed by atoms with Crippen LogP contribution in [0.3, 0.4) is 0 Å². The smallest absolute Gasteiger partial charge is 0.360 e. The number of hydrogen-bond acceptors (Lipinski definition) is 4. The van der Waals surface area contributed by atoms with E-state index < -0.39 is 5.97 Å². The quantitative estimate of drug-likeness (QED) is 0.782. The number of ether oxygens (including phenoxy) is 1. The molecule has 0 amide bonds. The highest BCUT2D eigenvalue weighted by atomic mass is 16.5. The fourth-order valence-electron chi connectivity index (χ4n) is 1.95. The maximum atomic E-state index is 11.4. The minimum absolute atomic E-state index is 0.230. The highest BCUT2D eigenvalue weighted by Gasteiger charge is 2.34. The highest BCUT2D eigenvalue weighted by Crippen LogP contribution is 2.39. The van der Waals surface area contributed by atoms with Crippen LogP contribution in [0, 0.1) is 18.8 Å². The molecule has 2 rings (SSSR count). The van der Waals surface area contributed by atoms with E-state index in [0.717, 1.165) is 18.3 Å². The molecule has 2 N–H and O–H groups in total. The molecule has 0 bridgehead atoms. The molecular weight excluding hydrogens is 206 g/mol. The average molecular weight is 223 g/mol. The number of carbonyl (C=O) groups is 1. The van der Waals surface area contributed by atoms with Gasteiger partial charge in [-0.25, -0.2) is 9.78 Å². The zero-order valence-electron chi connectivity index (χ0n) is 9.86. The average Bonchev–Trinajstić information content (AvgIpc) is 2.88. The van der Waals surface area contributed by atoms with Gasteiger partial charge in [0.05, 0.1) is 7.11 Å². The number of nitrogen functional groups attached to an aromatic ring is 1. The van der Waals surface area contributed by atoms with Crippen molar-refractivity contribution in [2.45, 2.75) is 26.8 Å². The molecule has 5 heteroatoms. The summed E-state index contributed by atoms with van der Waals surface area (Å²) in [5.74, 6) is 2.15. The summed E-state index contributed by atoms with van der Waals surface area (Å²) < 4.78 is 6.54. The molecule has 0 aliphatic heterocycles. The van der Waals surface area contributed by atoms with E-state index in [2.05, 4.69) is 16.6 Å². The lowest BCUT2D eigenvalue weighted by Gasteiger charge is -2.06. The number of anilines is 1. The first-order chi connectivity index (χ1) is 7.54. The van der Waals surface area contributed by atoms with Crippen LogP contribution in [-0.2, 0) is 11.3 Å². The SMILES string of the molecule is COC(=O)c1nc(C)n(CC2CC2C)c1N. The van der Waals surface area contributed by atoms with Crippen LogP contribution in [0.25, 0.3) is 0 Å². The van der Waals surface area contributed by atoms with Crippen molar-refractivity contribution in [1.29, 1.82) is 0 Å². The fourth-order valence-corrected chi connectivity index (χ4v) is 1.95. The fraction of sp³-hybridized carbons (Fsp3) is 0.636. The summed E-state index contributed by atoms with van der Waals surface area (Å²) in [5.41, 5.74) is 6.13. The molecule has 0 aromatic carbocycles. The van der Waals surface area contributed by atoms with Gasteiger partial charge in [0.2, 0.25) is 0 Å². The third kappa shape index (κ3) is 1.77. The van der Waals surface area contributed by atoms with E-state index >= 15 is 0 Å². The number of nitrogens with two attached hydrogens (primary N) is 1. The Morgan fingerprint density at radius 1 is 1.69 bits per heavy atom. The summed E-state index contributed by atoms with van der Waals surface area (Å²) in [5, 5.41) is 0. The van der Waals surface area contributed by atoms with Crippen LogP contribution in [0.15, 0.2) is 0 Å². The number of carbonyl (C=O) groups excluding carboxylic acids is 1. The van der Waals surface area contributed by atoms with Crippen LogP contribution in [0.4, 0.5) is 5.82 Å². The molecule has 1 aliphatic carbocycles. The van der Waals surface area contributed by atoms with Gasteiger partial charge in [0, 0.05) is 6.54 Å². The predicted molar refractivity (Wildman–Crippen MR) is 60.0 cm³/mol. The van der Waals surface area contributed by atoms with Crippen molar-refractivity contribution in [2.75, 3.05) is 12.8 Å². The number of aryl methyl sites for hydroxylation is 1. The lowest BCUT2D eigenvalue weighted by Crippen LogP contribution is -2.10. The Morgan fingerprint density at radius 2 is 2.31 bits per heavy atom. The van der Waals surface area contributed by atoms with Gasteiger partial charge in [0.15, 0.2) is 5.69 Å². The second kappa shape index (κ2) is 3.81. The van der Waals surface area contributed by atoms with E-state index in [1.54, 1.807) is 0 Å². The van der Waals surface area contributed by atoms with Crippen LogP contribution in [0.5, 0.6) is 0 Å². The monoisotopic (exact) mass is 223 g/mol. The normalized spacial score (nSPS) is 23.2. The van der Waals surface area contributed by atoms with Crippen LogP contribution < -0.4 is 5.73 Å². The largest absolute Gasteiger partial charge is 0.464 e. The summed E-state index contributed by atoms with van der Waals surface area (Å²) in [6.07, 6.45) is 1.23. The lowest BCUT2D eigenvalue weighted by molar-refractivity contribution is 0.0595. The van der Waals surface area contributed by atoms with Crippen molar-refractivity contribution < 1.29 is 9.53 Å². The standard InChI is InChI=1S/C11H17N3O2/c1-6-4-8(6)5-14-7(2)13-9(10(14)12)11(15)16-3/h6,8H,4-5,12H2,1-3H3. The maximum absolute atomic E-state index is 11.4. The van der Waals surface area contributed by atoms with E-state index in [-0.39, 0.29) is 5.69 Å². The van der Waals surface area contributed by atoms with E-state index in [1.807, 2.05) is 11.5 Å². The van der Waals surface area contributed by atoms with Gasteiger partial charge in [-0.15, -0.1) is 0 Å². The second-order valence-electron chi connectivity index (χ2n) is 4.47. The van der Waals surface area contributed by atoms with Crippen LogP contribution in [-0.4, -0.2) is 22.6 Å². The maximum Gasteiger partial charge on any atom is 0.360 e. The molecule has 1 aromatic rings. The third-order valence-electron chi connectivity index (χ3n) is 3.27. The minimum atomic E-state index is -0.469. The molecule has 1 saturated carbocycles. The Morgan fingerprint density at radius 3 is 2.81 bits per heavy atom. The molecule has 2 atom stereocenters. The van der Waals surface area contributed by atoms with Gasteiger partial charge in [0.1, 0.15) is 11.6 Å². The van der Waals surface area contributed by atoms with Crippen molar-refractivity contribution in [1.82, 2.24) is 9.55 Å². The summed E-state index contributed by atoms with van der Waals surface area (Å²) in [6.45, 7) is 4.92. The third-order valence-corrected chi connectivity index (χ3v) is 3.27. The number of esters is 1. The van der Waals surface area contributed by atoms with Crippen LogP contribution >= 0.6 is 0 Å². The first-order valence-electron chi connectivity index (χ1n) is 5.45. The molecule has 0 spiro atoms. The zero-order valence-corrected chi connectivity index (χ0v) is 9.86. The van der Waals surface area contributed by atoms with Gasteiger partial charge in [0.25, 0.3) is 0 Å². The van der Waals surface area contributed by atoms with E-state index in [4.69, 9.17) is 5.73 Å². The summed E-state index contributed by atoms with van der Waals surface area (Å²) in [6, 6.07) is 0. The van der Waals surface area contributed by atoms with Crippen LogP contribution in [0.1, 0.15) is 29.7 Å². The first kappa shape index (κ1) is 11.0. The molecule has 16 heavy (non-hydrogen) atoms. The number of methoxy groups -OCH3 is 1. The number of aromatic nitrogens is 2. The van der Waals surface area contributed by atoms with Crippen molar-refractivity contribution >= 4 is 11.8 Å². The van der Waals surface area contributed by atoms with Gasteiger partial charge in [-0.3, -0.25) is 0 Å². The summed E-state index contributed by atoms with van der Waals surface area (Å²) in [7, 11) is 1.33. The molecule has 1 fully saturated rings. The zero-order chi connectivity index (χ0) is 11.9. The van der Waals surface area contributed by atoms with Gasteiger partial charge in [-0.2, -0.15) is 0 Å². The Kier molecular flexibility index (Phi) is 2.61. The van der Waals surface area contributed by atoms with Crippen LogP contribution in [0.2, 0.25) is 0 Å². The summed E-state index contributed by atoms with van der Waals surface area (Å²) in [4.78, 5) is 15.5. The first-order valence-corrected chi connectivity index (χ1v) is 5.45. The Hall–Kier alpha value is -1.52. The predicted octanol–water partition coefficient (Wildman–Crippen LogP) is 1.22. The second-order valence-corrected chi connectivity index (χ2v) is 4.47. The number of rotatable bonds is 3. The molecule has 0 radical (unpaired) electrons. The highest BCUT2D eigenvalue weighted by molar-refractivity contribution is 5.92. The molecule has 1 heterocycles. The van der Waals surface area contributed by atoms with Crippen molar-refractivity contribution in [2.24, 2.45) is 11.8 Å². The topological polar surface area (TPSA) is 70.1 Å². The molecule has 1 aliphatic rings. The van der Waals surface area contributed by atoms with Gasteiger partial charge >= 0.3 is 5.97 Å². The van der Waals surface area contributed by atoms with Crippen molar-refractivity contribution in [3.8, 4) is 0 Å². The van der Waals surface area contributed by atoms with E-state index in [9.17, 15) is 4.79 Å². The lowest BCUT2D eigenvalue weighted by atomic mass is 10.3. The molecular formula is C11H17N3O2. The van der Waals surface area contributed by atoms with Gasteiger partial charge < -0.3 is 15.0 Å². The van der Waals surface area contributed by atoms with Gasteiger partial charge in [-0.05, 0) is 25.2 Å². The molecule has 1 aromatic heterocycles. The molecule has 0 saturated heterocycles. The molecule has 2 unspecified atom stereocenters. The van der Waals surface area contributed by atoms with E-state index in [0.29, 0.717) is 11.7 Å². The number of hydrogen-bond donors (Lipinski definition) is 1. The van der Waals surface area contributed by atoms with Crippen molar-refractivity contribution in [3.63, 3.8) is 0 Å². The van der Waals surface area contributed by atoms with Gasteiger partial charge in [-0.1, -0.05) is 6.92 Å². The molecule has 88 valence electrons. The van der Waals surface area contributed by atoms with Crippen molar-refractivity contribution in [3.05, 3.63) is 11.5 Å². The number of imidazole rings is 1. The summed E-state index contributed by atoms with van der Waals surface area (Å²) >= 11 is 0. The Bertz CT molecular complexity index is 425. The molecule has 5 nitrogen and oxygen atoms in total. The minimum Gasteiger partial charge on any atom is -0.464 e. The Labute approximate surface area is 94.6 Å². The Balaban J connectivity index is 2.24.